The number of rotatable bonds is 10. The third-order valence-electron chi connectivity index (χ3n) is 4.45. The van der Waals surface area contributed by atoms with Crippen LogP contribution in [0.15, 0.2) is 24.3 Å². The summed E-state index contributed by atoms with van der Waals surface area (Å²) in [5.41, 5.74) is 1.05. The summed E-state index contributed by atoms with van der Waals surface area (Å²) >= 11 is 0. The van der Waals surface area contributed by atoms with E-state index in [2.05, 4.69) is 12.2 Å². The van der Waals surface area contributed by atoms with E-state index in [1.54, 1.807) is 0 Å². The molecule has 1 N–H and O–H groups in total. The minimum absolute atomic E-state index is 0.0123. The van der Waals surface area contributed by atoms with E-state index in [0.717, 1.165) is 43.6 Å². The van der Waals surface area contributed by atoms with Gasteiger partial charge in [0, 0.05) is 6.54 Å². The Morgan fingerprint density at radius 1 is 1.29 bits per heavy atom. The number of amides is 1. The Bertz CT molecular complexity index is 497. The van der Waals surface area contributed by atoms with Gasteiger partial charge in [0.2, 0.25) is 5.91 Å². The van der Waals surface area contributed by atoms with Crippen LogP contribution in [-0.4, -0.2) is 24.7 Å². The lowest BCUT2D eigenvalue weighted by molar-refractivity contribution is -0.136. The molecule has 2 rings (SSSR count). The van der Waals surface area contributed by atoms with Crippen molar-refractivity contribution in [1.29, 1.82) is 0 Å². The molecule has 0 heterocycles. The van der Waals surface area contributed by atoms with Crippen molar-refractivity contribution in [1.82, 2.24) is 5.32 Å². The van der Waals surface area contributed by atoms with Gasteiger partial charge in [-0.3, -0.25) is 4.79 Å². The molecule has 0 spiro atoms. The molecule has 0 bridgehead atoms. The van der Waals surface area contributed by atoms with E-state index in [1.807, 2.05) is 31.2 Å². The topological polar surface area (TPSA) is 47.6 Å². The number of unbranched alkanes of at least 4 members (excludes halogenated alkanes) is 1. The van der Waals surface area contributed by atoms with Crippen molar-refractivity contribution < 1.29 is 14.3 Å². The summed E-state index contributed by atoms with van der Waals surface area (Å²) in [5.74, 6) is 0.853. The van der Waals surface area contributed by atoms with Crippen LogP contribution in [0.3, 0.4) is 0 Å². The van der Waals surface area contributed by atoms with Gasteiger partial charge in [0.15, 0.2) is 0 Å². The van der Waals surface area contributed by atoms with Crippen LogP contribution in [0, 0.1) is 0 Å². The zero-order valence-electron chi connectivity index (χ0n) is 15.1. The largest absolute Gasteiger partial charge is 0.494 e. The second kappa shape index (κ2) is 10.3. The highest BCUT2D eigenvalue weighted by Crippen LogP contribution is 2.23. The minimum Gasteiger partial charge on any atom is -0.494 e. The highest BCUT2D eigenvalue weighted by molar-refractivity contribution is 5.80. The molecular weight excluding hydrogens is 302 g/mol. The molecule has 1 aliphatic carbocycles. The third-order valence-corrected chi connectivity index (χ3v) is 4.45. The first kappa shape index (κ1) is 18.8. The Morgan fingerprint density at radius 3 is 2.79 bits per heavy atom. The molecular formula is C20H31NO3. The smallest absolute Gasteiger partial charge is 0.249 e. The molecule has 134 valence electrons. The summed E-state index contributed by atoms with van der Waals surface area (Å²) < 4.78 is 11.7. The van der Waals surface area contributed by atoms with Crippen molar-refractivity contribution >= 4 is 5.91 Å². The quantitative estimate of drug-likeness (QED) is 0.652. The number of carbonyl (C=O) groups excluding carboxylic acids is 1. The van der Waals surface area contributed by atoms with E-state index in [1.165, 1.54) is 12.8 Å². The summed E-state index contributed by atoms with van der Waals surface area (Å²) in [7, 11) is 0. The Labute approximate surface area is 145 Å². The molecule has 1 unspecified atom stereocenters. The number of carbonyl (C=O) groups is 1. The summed E-state index contributed by atoms with van der Waals surface area (Å²) in [6, 6.07) is 7.93. The lowest BCUT2D eigenvalue weighted by Crippen LogP contribution is -2.37. The first-order valence-electron chi connectivity index (χ1n) is 9.37. The summed E-state index contributed by atoms with van der Waals surface area (Å²) in [6.07, 6.45) is 7.41. The molecule has 0 aliphatic heterocycles. The molecule has 1 aromatic rings. The molecule has 0 saturated heterocycles. The molecule has 1 saturated carbocycles. The standard InChI is InChI=1S/C20H31NO3/c1-3-5-13-23-18-12-8-9-16(14-18)15-21-20(22)19(4-2)24-17-10-6-7-11-17/h8-9,12,14,17,19H,3-7,10-11,13,15H2,1-2H3,(H,21,22). The van der Waals surface area contributed by atoms with Crippen molar-refractivity contribution in [2.75, 3.05) is 6.61 Å². The fourth-order valence-electron chi connectivity index (χ4n) is 2.98. The molecule has 4 nitrogen and oxygen atoms in total. The van der Waals surface area contributed by atoms with Crippen LogP contribution < -0.4 is 10.1 Å². The Balaban J connectivity index is 1.80. The number of benzene rings is 1. The second-order valence-electron chi connectivity index (χ2n) is 6.51. The number of ether oxygens (including phenoxy) is 2. The predicted molar refractivity (Wildman–Crippen MR) is 96.1 cm³/mol. The van der Waals surface area contributed by atoms with Crippen LogP contribution >= 0.6 is 0 Å². The van der Waals surface area contributed by atoms with Crippen LogP contribution in [0.5, 0.6) is 5.75 Å². The first-order chi connectivity index (χ1) is 11.7. The minimum atomic E-state index is -0.336. The van der Waals surface area contributed by atoms with Crippen molar-refractivity contribution in [3.63, 3.8) is 0 Å². The van der Waals surface area contributed by atoms with E-state index in [0.29, 0.717) is 13.0 Å². The van der Waals surface area contributed by atoms with E-state index in [9.17, 15) is 4.79 Å². The highest BCUT2D eigenvalue weighted by atomic mass is 16.5. The van der Waals surface area contributed by atoms with Crippen molar-refractivity contribution in [2.24, 2.45) is 0 Å². The molecule has 1 atom stereocenters. The molecule has 1 amide bonds. The van der Waals surface area contributed by atoms with Crippen molar-refractivity contribution in [2.45, 2.75) is 77.5 Å². The third kappa shape index (κ3) is 6.16. The average Bonchev–Trinajstić information content (AvgIpc) is 3.11. The Morgan fingerprint density at radius 2 is 2.08 bits per heavy atom. The van der Waals surface area contributed by atoms with Crippen LogP contribution in [0.2, 0.25) is 0 Å². The number of nitrogens with one attached hydrogen (secondary N) is 1. The van der Waals surface area contributed by atoms with Gasteiger partial charge in [-0.05, 0) is 43.4 Å². The summed E-state index contributed by atoms with van der Waals surface area (Å²) in [5, 5.41) is 3.00. The van der Waals surface area contributed by atoms with Gasteiger partial charge in [-0.1, -0.05) is 45.2 Å². The molecule has 1 aliphatic rings. The second-order valence-corrected chi connectivity index (χ2v) is 6.51. The van der Waals surface area contributed by atoms with Gasteiger partial charge < -0.3 is 14.8 Å². The summed E-state index contributed by atoms with van der Waals surface area (Å²) in [6.45, 7) is 5.39. The lowest BCUT2D eigenvalue weighted by Gasteiger charge is -2.20. The molecule has 1 aromatic carbocycles. The van der Waals surface area contributed by atoms with E-state index >= 15 is 0 Å². The van der Waals surface area contributed by atoms with E-state index in [-0.39, 0.29) is 18.1 Å². The highest BCUT2D eigenvalue weighted by Gasteiger charge is 2.24. The summed E-state index contributed by atoms with van der Waals surface area (Å²) in [4.78, 5) is 12.4. The van der Waals surface area contributed by atoms with Crippen molar-refractivity contribution in [3.05, 3.63) is 29.8 Å². The van der Waals surface area contributed by atoms with Crippen molar-refractivity contribution in [3.8, 4) is 5.75 Å². The maximum Gasteiger partial charge on any atom is 0.249 e. The van der Waals surface area contributed by atoms with E-state index in [4.69, 9.17) is 9.47 Å². The molecule has 1 fully saturated rings. The Kier molecular flexibility index (Phi) is 8.10. The maximum absolute atomic E-state index is 12.4. The Hall–Kier alpha value is -1.55. The van der Waals surface area contributed by atoms with Gasteiger partial charge in [0.25, 0.3) is 0 Å². The lowest BCUT2D eigenvalue weighted by atomic mass is 10.2. The monoisotopic (exact) mass is 333 g/mol. The zero-order chi connectivity index (χ0) is 17.2. The number of hydrogen-bond donors (Lipinski definition) is 1. The van der Waals surface area contributed by atoms with Gasteiger partial charge in [0.1, 0.15) is 11.9 Å². The molecule has 0 radical (unpaired) electrons. The van der Waals surface area contributed by atoms with E-state index < -0.39 is 0 Å². The fraction of sp³-hybridized carbons (Fsp3) is 0.650. The fourth-order valence-corrected chi connectivity index (χ4v) is 2.98. The van der Waals surface area contributed by atoms with Crippen LogP contribution in [0.25, 0.3) is 0 Å². The molecule has 0 aromatic heterocycles. The van der Waals surface area contributed by atoms with Crippen LogP contribution in [-0.2, 0) is 16.1 Å². The number of hydrogen-bond acceptors (Lipinski definition) is 3. The van der Waals surface area contributed by atoms with Gasteiger partial charge in [-0.25, -0.2) is 0 Å². The SMILES string of the molecule is CCCCOc1cccc(CNC(=O)C(CC)OC2CCCC2)c1. The normalized spacial score (nSPS) is 16.1. The van der Waals surface area contributed by atoms with Gasteiger partial charge >= 0.3 is 0 Å². The van der Waals surface area contributed by atoms with Crippen LogP contribution in [0.1, 0.15) is 64.4 Å². The van der Waals surface area contributed by atoms with Crippen LogP contribution in [0.4, 0.5) is 0 Å². The molecule has 24 heavy (non-hydrogen) atoms. The van der Waals surface area contributed by atoms with Gasteiger partial charge in [0.05, 0.1) is 12.7 Å². The zero-order valence-corrected chi connectivity index (χ0v) is 15.1. The van der Waals surface area contributed by atoms with Gasteiger partial charge in [-0.2, -0.15) is 0 Å². The maximum atomic E-state index is 12.4. The predicted octanol–water partition coefficient (Wildman–Crippen LogP) is 4.22. The van der Waals surface area contributed by atoms with Gasteiger partial charge in [-0.15, -0.1) is 0 Å². The molecule has 4 heteroatoms. The first-order valence-corrected chi connectivity index (χ1v) is 9.37. The average molecular weight is 333 g/mol.